The Hall–Kier alpha value is -2.37. The van der Waals surface area contributed by atoms with Gasteiger partial charge in [0.1, 0.15) is 0 Å². The van der Waals surface area contributed by atoms with Gasteiger partial charge in [-0.25, -0.2) is 0 Å². The number of esters is 1. The molecule has 1 aromatic rings. The zero-order chi connectivity index (χ0) is 16.8. The molecule has 0 aliphatic carbocycles. The summed E-state index contributed by atoms with van der Waals surface area (Å²) in [5.41, 5.74) is 2.48. The van der Waals surface area contributed by atoms with Crippen LogP contribution >= 0.6 is 0 Å². The third kappa shape index (κ3) is 4.55. The van der Waals surface area contributed by atoms with E-state index in [-0.39, 0.29) is 30.6 Å². The molecular formula is C17H22N2O4. The van der Waals surface area contributed by atoms with E-state index in [0.29, 0.717) is 18.7 Å². The van der Waals surface area contributed by atoms with E-state index in [1.807, 2.05) is 19.1 Å². The van der Waals surface area contributed by atoms with Gasteiger partial charge < -0.3 is 15.0 Å². The van der Waals surface area contributed by atoms with Crippen molar-refractivity contribution in [2.24, 2.45) is 0 Å². The first kappa shape index (κ1) is 17.0. The number of carbonyl (C=O) groups excluding carboxylic acids is 3. The zero-order valence-electron chi connectivity index (χ0n) is 13.6. The smallest absolute Gasteiger partial charge is 0.306 e. The van der Waals surface area contributed by atoms with E-state index in [9.17, 15) is 14.4 Å². The fourth-order valence-corrected chi connectivity index (χ4v) is 2.61. The molecule has 0 spiro atoms. The number of benzene rings is 1. The van der Waals surface area contributed by atoms with Gasteiger partial charge in [0.05, 0.1) is 13.0 Å². The van der Waals surface area contributed by atoms with Crippen molar-refractivity contribution in [1.29, 1.82) is 0 Å². The van der Waals surface area contributed by atoms with Crippen molar-refractivity contribution >= 4 is 29.2 Å². The summed E-state index contributed by atoms with van der Waals surface area (Å²) in [5, 5.41) is 2.76. The molecular weight excluding hydrogens is 296 g/mol. The van der Waals surface area contributed by atoms with Crippen molar-refractivity contribution in [2.75, 3.05) is 23.4 Å². The molecule has 1 aliphatic heterocycles. The highest BCUT2D eigenvalue weighted by Gasteiger charge is 2.23. The molecule has 124 valence electrons. The Balaban J connectivity index is 1.94. The van der Waals surface area contributed by atoms with Crippen LogP contribution in [0.3, 0.4) is 0 Å². The van der Waals surface area contributed by atoms with Crippen LogP contribution in [0, 0.1) is 6.92 Å². The number of nitrogens with one attached hydrogen (secondary N) is 1. The summed E-state index contributed by atoms with van der Waals surface area (Å²) in [4.78, 5) is 36.7. The summed E-state index contributed by atoms with van der Waals surface area (Å²) in [6.07, 6.45) is 1.62. The topological polar surface area (TPSA) is 75.7 Å². The number of aryl methyl sites for hydroxylation is 1. The molecule has 6 nitrogen and oxygen atoms in total. The van der Waals surface area contributed by atoms with Crippen molar-refractivity contribution < 1.29 is 19.1 Å². The van der Waals surface area contributed by atoms with E-state index in [1.54, 1.807) is 17.9 Å². The largest absolute Gasteiger partial charge is 0.466 e. The molecule has 0 atom stereocenters. The quantitative estimate of drug-likeness (QED) is 0.817. The minimum absolute atomic E-state index is 0.0685. The van der Waals surface area contributed by atoms with Gasteiger partial charge in [0, 0.05) is 30.8 Å². The van der Waals surface area contributed by atoms with Gasteiger partial charge in [-0.3, -0.25) is 14.4 Å². The Morgan fingerprint density at radius 2 is 2.09 bits per heavy atom. The molecule has 0 unspecified atom stereocenters. The van der Waals surface area contributed by atoms with Gasteiger partial charge in [0.15, 0.2) is 0 Å². The van der Waals surface area contributed by atoms with Crippen molar-refractivity contribution in [1.82, 2.24) is 0 Å². The van der Waals surface area contributed by atoms with E-state index in [1.165, 1.54) is 0 Å². The number of hydrogen-bond acceptors (Lipinski definition) is 4. The summed E-state index contributed by atoms with van der Waals surface area (Å²) in [5.74, 6) is -0.469. The average molecular weight is 318 g/mol. The van der Waals surface area contributed by atoms with E-state index in [4.69, 9.17) is 4.74 Å². The summed E-state index contributed by atoms with van der Waals surface area (Å²) >= 11 is 0. The van der Waals surface area contributed by atoms with Crippen LogP contribution in [0.15, 0.2) is 18.2 Å². The van der Waals surface area contributed by atoms with Crippen LogP contribution in [0.2, 0.25) is 0 Å². The van der Waals surface area contributed by atoms with Crippen molar-refractivity contribution in [2.45, 2.75) is 39.5 Å². The molecule has 6 heteroatoms. The molecule has 0 radical (unpaired) electrons. The molecule has 0 saturated carbocycles. The SMILES string of the molecule is CCOC(=O)CCC(=O)Nc1ccc(N2CCCC2=O)c(C)c1. The minimum Gasteiger partial charge on any atom is -0.466 e. The van der Waals surface area contributed by atoms with Crippen molar-refractivity contribution in [3.8, 4) is 0 Å². The molecule has 23 heavy (non-hydrogen) atoms. The van der Waals surface area contributed by atoms with E-state index >= 15 is 0 Å². The summed E-state index contributed by atoms with van der Waals surface area (Å²) in [7, 11) is 0. The van der Waals surface area contributed by atoms with Crippen LogP contribution in [0.25, 0.3) is 0 Å². The molecule has 2 amide bonds. The molecule has 0 bridgehead atoms. The maximum atomic E-state index is 11.8. The summed E-state index contributed by atoms with van der Waals surface area (Å²) in [6.45, 7) is 4.70. The maximum absolute atomic E-state index is 11.8. The lowest BCUT2D eigenvalue weighted by molar-refractivity contribution is -0.144. The predicted octanol–water partition coefficient (Wildman–Crippen LogP) is 2.40. The standard InChI is InChI=1S/C17H22N2O4/c1-3-23-17(22)9-8-15(20)18-13-6-7-14(12(2)11-13)19-10-4-5-16(19)21/h6-7,11H,3-5,8-10H2,1-2H3,(H,18,20). The normalized spacial score (nSPS) is 14.0. The molecule has 0 aromatic heterocycles. The van der Waals surface area contributed by atoms with Gasteiger partial charge in [-0.2, -0.15) is 0 Å². The molecule has 1 N–H and O–H groups in total. The van der Waals surface area contributed by atoms with Crippen LogP contribution in [-0.4, -0.2) is 30.9 Å². The van der Waals surface area contributed by atoms with Gasteiger partial charge >= 0.3 is 5.97 Å². The molecule has 2 rings (SSSR count). The van der Waals surface area contributed by atoms with E-state index in [0.717, 1.165) is 24.2 Å². The van der Waals surface area contributed by atoms with Crippen LogP contribution in [0.1, 0.15) is 38.2 Å². The molecule has 1 saturated heterocycles. The Bertz CT molecular complexity index is 613. The second-order valence-electron chi connectivity index (χ2n) is 5.50. The average Bonchev–Trinajstić information content (AvgIpc) is 2.92. The lowest BCUT2D eigenvalue weighted by atomic mass is 10.1. The molecule has 1 heterocycles. The first-order valence-corrected chi connectivity index (χ1v) is 7.87. The molecule has 1 aliphatic rings. The molecule has 1 aromatic carbocycles. The Morgan fingerprint density at radius 3 is 2.70 bits per heavy atom. The van der Waals surface area contributed by atoms with Gasteiger partial charge in [-0.1, -0.05) is 0 Å². The lowest BCUT2D eigenvalue weighted by Crippen LogP contribution is -2.24. The fourth-order valence-electron chi connectivity index (χ4n) is 2.61. The zero-order valence-corrected chi connectivity index (χ0v) is 13.6. The predicted molar refractivity (Wildman–Crippen MR) is 87.3 cm³/mol. The number of rotatable bonds is 6. The van der Waals surface area contributed by atoms with Crippen LogP contribution < -0.4 is 10.2 Å². The highest BCUT2D eigenvalue weighted by molar-refractivity contribution is 5.97. The summed E-state index contributed by atoms with van der Waals surface area (Å²) in [6, 6.07) is 5.46. The number of ether oxygens (including phenoxy) is 1. The maximum Gasteiger partial charge on any atom is 0.306 e. The Morgan fingerprint density at radius 1 is 1.30 bits per heavy atom. The van der Waals surface area contributed by atoms with Gasteiger partial charge in [0.25, 0.3) is 0 Å². The number of carbonyl (C=O) groups is 3. The first-order valence-electron chi connectivity index (χ1n) is 7.87. The first-order chi connectivity index (χ1) is 11.0. The second-order valence-corrected chi connectivity index (χ2v) is 5.50. The third-order valence-corrected chi connectivity index (χ3v) is 3.71. The van der Waals surface area contributed by atoms with Gasteiger partial charge in [-0.15, -0.1) is 0 Å². The lowest BCUT2D eigenvalue weighted by Gasteiger charge is -2.19. The monoisotopic (exact) mass is 318 g/mol. The second kappa shape index (κ2) is 7.76. The van der Waals surface area contributed by atoms with Crippen LogP contribution in [0.4, 0.5) is 11.4 Å². The fraction of sp³-hybridized carbons (Fsp3) is 0.471. The minimum atomic E-state index is -0.373. The molecule has 1 fully saturated rings. The van der Waals surface area contributed by atoms with Crippen LogP contribution in [0.5, 0.6) is 0 Å². The Kier molecular flexibility index (Phi) is 5.73. The van der Waals surface area contributed by atoms with Crippen LogP contribution in [-0.2, 0) is 19.1 Å². The van der Waals surface area contributed by atoms with Crippen molar-refractivity contribution in [3.05, 3.63) is 23.8 Å². The number of hydrogen-bond donors (Lipinski definition) is 1. The van der Waals surface area contributed by atoms with E-state index in [2.05, 4.69) is 5.32 Å². The van der Waals surface area contributed by atoms with Gasteiger partial charge in [-0.05, 0) is 44.0 Å². The Labute approximate surface area is 135 Å². The van der Waals surface area contributed by atoms with Gasteiger partial charge in [0.2, 0.25) is 11.8 Å². The third-order valence-electron chi connectivity index (χ3n) is 3.71. The number of anilines is 2. The highest BCUT2D eigenvalue weighted by Crippen LogP contribution is 2.27. The van der Waals surface area contributed by atoms with Crippen molar-refractivity contribution in [3.63, 3.8) is 0 Å². The number of nitrogens with zero attached hydrogens (tertiary/aromatic N) is 1. The number of amides is 2. The summed E-state index contributed by atoms with van der Waals surface area (Å²) < 4.78 is 4.79. The highest BCUT2D eigenvalue weighted by atomic mass is 16.5. The van der Waals surface area contributed by atoms with E-state index < -0.39 is 0 Å².